The van der Waals surface area contributed by atoms with Crippen molar-refractivity contribution in [3.63, 3.8) is 0 Å². The zero-order valence-corrected chi connectivity index (χ0v) is 15.5. The number of aromatic carboxylic acids is 1. The number of pyridine rings is 2. The molecule has 1 N–H and O–H groups in total. The molecule has 0 fully saturated rings. The van der Waals surface area contributed by atoms with E-state index >= 15 is 0 Å². The van der Waals surface area contributed by atoms with Crippen LogP contribution in [0.25, 0.3) is 27.8 Å². The number of nitrogens with zero attached hydrogens (tertiary/aromatic N) is 3. The van der Waals surface area contributed by atoms with E-state index in [-0.39, 0.29) is 11.4 Å². The van der Waals surface area contributed by atoms with E-state index in [1.165, 1.54) is 4.40 Å². The molecular formula is C17H8BrCl2N3O2. The van der Waals surface area contributed by atoms with Gasteiger partial charge in [-0.05, 0) is 40.2 Å². The highest BCUT2D eigenvalue weighted by molar-refractivity contribution is 9.10. The van der Waals surface area contributed by atoms with Gasteiger partial charge in [0.05, 0.1) is 15.6 Å². The number of aromatic nitrogens is 3. The quantitative estimate of drug-likeness (QED) is 0.461. The number of fused-ring (bicyclic) bond motifs is 3. The Labute approximate surface area is 160 Å². The number of benzene rings is 1. The normalized spacial score (nSPS) is 11.3. The molecular weight excluding hydrogens is 429 g/mol. The molecule has 0 aliphatic carbocycles. The number of carboxylic acids is 1. The van der Waals surface area contributed by atoms with Gasteiger partial charge in [0.1, 0.15) is 11.3 Å². The molecule has 0 radical (unpaired) electrons. The van der Waals surface area contributed by atoms with E-state index in [4.69, 9.17) is 23.2 Å². The summed E-state index contributed by atoms with van der Waals surface area (Å²) >= 11 is 15.9. The molecule has 0 saturated heterocycles. The van der Waals surface area contributed by atoms with Crippen molar-refractivity contribution in [2.24, 2.45) is 0 Å². The molecule has 8 heteroatoms. The molecule has 0 aliphatic rings. The molecule has 4 rings (SSSR count). The Balaban J connectivity index is 2.18. The summed E-state index contributed by atoms with van der Waals surface area (Å²) in [6.07, 6.45) is 3.30. The molecule has 124 valence electrons. The SMILES string of the molecule is O=C(O)c1c(-c2c(Cl)cccc2Cl)nc2c3cc(Br)cnc3ccn12. The molecule has 0 unspecified atom stereocenters. The van der Waals surface area contributed by atoms with Crippen LogP contribution in [0.4, 0.5) is 0 Å². The number of hydrogen-bond donors (Lipinski definition) is 1. The Hall–Kier alpha value is -2.15. The van der Waals surface area contributed by atoms with Gasteiger partial charge in [-0.15, -0.1) is 0 Å². The first kappa shape index (κ1) is 16.3. The molecule has 3 aromatic heterocycles. The molecule has 0 aliphatic heterocycles. The first-order valence-electron chi connectivity index (χ1n) is 7.11. The number of imidazole rings is 1. The van der Waals surface area contributed by atoms with Crippen LogP contribution in [0.15, 0.2) is 47.2 Å². The van der Waals surface area contributed by atoms with Crippen molar-refractivity contribution >= 4 is 61.7 Å². The minimum absolute atomic E-state index is 0.00752. The molecule has 3 heterocycles. The maximum absolute atomic E-state index is 11.9. The van der Waals surface area contributed by atoms with Gasteiger partial charge in [0, 0.05) is 27.8 Å². The highest BCUT2D eigenvalue weighted by Gasteiger charge is 2.24. The molecule has 1 aromatic carbocycles. The van der Waals surface area contributed by atoms with E-state index in [2.05, 4.69) is 25.9 Å². The van der Waals surface area contributed by atoms with Crippen LogP contribution in [-0.4, -0.2) is 25.4 Å². The lowest BCUT2D eigenvalue weighted by Crippen LogP contribution is -2.04. The number of carboxylic acid groups (broad SMARTS) is 1. The maximum atomic E-state index is 11.9. The van der Waals surface area contributed by atoms with Crippen molar-refractivity contribution < 1.29 is 9.90 Å². The maximum Gasteiger partial charge on any atom is 0.355 e. The van der Waals surface area contributed by atoms with Crippen molar-refractivity contribution in [2.75, 3.05) is 0 Å². The van der Waals surface area contributed by atoms with Gasteiger partial charge in [-0.25, -0.2) is 9.78 Å². The third kappa shape index (κ3) is 2.57. The largest absolute Gasteiger partial charge is 0.476 e. The van der Waals surface area contributed by atoms with Crippen molar-refractivity contribution in [2.45, 2.75) is 0 Å². The highest BCUT2D eigenvalue weighted by Crippen LogP contribution is 2.37. The summed E-state index contributed by atoms with van der Waals surface area (Å²) in [7, 11) is 0. The van der Waals surface area contributed by atoms with E-state index in [1.54, 1.807) is 36.7 Å². The number of rotatable bonds is 2. The fourth-order valence-electron chi connectivity index (χ4n) is 2.78. The van der Waals surface area contributed by atoms with Gasteiger partial charge in [-0.3, -0.25) is 9.38 Å². The van der Waals surface area contributed by atoms with Crippen molar-refractivity contribution in [3.05, 3.63) is 62.9 Å². The molecule has 0 saturated carbocycles. The minimum Gasteiger partial charge on any atom is -0.476 e. The van der Waals surface area contributed by atoms with Crippen LogP contribution in [0.2, 0.25) is 10.0 Å². The van der Waals surface area contributed by atoms with Gasteiger partial charge >= 0.3 is 5.97 Å². The second-order valence-electron chi connectivity index (χ2n) is 5.31. The zero-order valence-electron chi connectivity index (χ0n) is 12.4. The van der Waals surface area contributed by atoms with Gasteiger partial charge in [0.15, 0.2) is 5.69 Å². The molecule has 0 amide bonds. The average Bonchev–Trinajstić information content (AvgIpc) is 2.94. The predicted octanol–water partition coefficient (Wildman–Crippen LogP) is 5.32. The van der Waals surface area contributed by atoms with Crippen molar-refractivity contribution in [1.29, 1.82) is 0 Å². The van der Waals surface area contributed by atoms with E-state index < -0.39 is 5.97 Å². The van der Waals surface area contributed by atoms with Crippen molar-refractivity contribution in [1.82, 2.24) is 14.4 Å². The van der Waals surface area contributed by atoms with Crippen molar-refractivity contribution in [3.8, 4) is 11.3 Å². The van der Waals surface area contributed by atoms with Gasteiger partial charge in [-0.1, -0.05) is 29.3 Å². The van der Waals surface area contributed by atoms with Gasteiger partial charge in [0.25, 0.3) is 0 Å². The summed E-state index contributed by atoms with van der Waals surface area (Å²) in [6, 6.07) is 8.57. The van der Waals surface area contributed by atoms with Gasteiger partial charge in [-0.2, -0.15) is 0 Å². The van der Waals surface area contributed by atoms with E-state index in [0.29, 0.717) is 32.2 Å². The smallest absolute Gasteiger partial charge is 0.355 e. The third-order valence-electron chi connectivity index (χ3n) is 3.82. The molecule has 0 atom stereocenters. The highest BCUT2D eigenvalue weighted by atomic mass is 79.9. The Morgan fingerprint density at radius 3 is 2.60 bits per heavy atom. The lowest BCUT2D eigenvalue weighted by Gasteiger charge is -2.05. The van der Waals surface area contributed by atoms with Gasteiger partial charge < -0.3 is 5.11 Å². The van der Waals surface area contributed by atoms with Crippen LogP contribution in [0.5, 0.6) is 0 Å². The summed E-state index contributed by atoms with van der Waals surface area (Å²) in [5.41, 5.74) is 1.77. The number of carbonyl (C=O) groups is 1. The molecule has 0 bridgehead atoms. The second kappa shape index (κ2) is 5.98. The molecule has 25 heavy (non-hydrogen) atoms. The summed E-state index contributed by atoms with van der Waals surface area (Å²) in [6.45, 7) is 0. The monoisotopic (exact) mass is 435 g/mol. The number of hydrogen-bond acceptors (Lipinski definition) is 3. The second-order valence-corrected chi connectivity index (χ2v) is 7.04. The predicted molar refractivity (Wildman–Crippen MR) is 101 cm³/mol. The first-order valence-corrected chi connectivity index (χ1v) is 8.66. The Morgan fingerprint density at radius 1 is 1.20 bits per heavy atom. The Morgan fingerprint density at radius 2 is 1.92 bits per heavy atom. The third-order valence-corrected chi connectivity index (χ3v) is 4.88. The van der Waals surface area contributed by atoms with E-state index in [1.807, 2.05) is 6.07 Å². The minimum atomic E-state index is -1.12. The Bertz CT molecular complexity index is 1150. The molecule has 5 nitrogen and oxygen atoms in total. The lowest BCUT2D eigenvalue weighted by atomic mass is 10.1. The summed E-state index contributed by atoms with van der Waals surface area (Å²) < 4.78 is 2.28. The average molecular weight is 437 g/mol. The van der Waals surface area contributed by atoms with Gasteiger partial charge in [0.2, 0.25) is 0 Å². The first-order chi connectivity index (χ1) is 12.0. The Kier molecular flexibility index (Phi) is 3.91. The summed E-state index contributed by atoms with van der Waals surface area (Å²) in [5, 5.41) is 11.1. The summed E-state index contributed by atoms with van der Waals surface area (Å²) in [5.74, 6) is -1.12. The van der Waals surface area contributed by atoms with Crippen LogP contribution in [0.3, 0.4) is 0 Å². The van der Waals surface area contributed by atoms with E-state index in [0.717, 1.165) is 4.47 Å². The standard InChI is InChI=1S/C17H8BrCl2N3O2/c18-8-6-9-12(21-7-8)4-5-23-15(17(24)25)14(22-16(9)23)13-10(19)2-1-3-11(13)20/h1-7H,(H,24,25). The molecule has 4 aromatic rings. The molecule has 0 spiro atoms. The lowest BCUT2D eigenvalue weighted by molar-refractivity contribution is 0.0690. The topological polar surface area (TPSA) is 67.5 Å². The number of halogens is 3. The van der Waals surface area contributed by atoms with Crippen LogP contribution in [0, 0.1) is 0 Å². The fourth-order valence-corrected chi connectivity index (χ4v) is 3.69. The van der Waals surface area contributed by atoms with Crippen LogP contribution < -0.4 is 0 Å². The van der Waals surface area contributed by atoms with Crippen LogP contribution >= 0.6 is 39.1 Å². The van der Waals surface area contributed by atoms with E-state index in [9.17, 15) is 9.90 Å². The van der Waals surface area contributed by atoms with Crippen LogP contribution in [0.1, 0.15) is 10.5 Å². The zero-order chi connectivity index (χ0) is 17.7. The summed E-state index contributed by atoms with van der Waals surface area (Å²) in [4.78, 5) is 20.8. The fraction of sp³-hybridized carbons (Fsp3) is 0. The van der Waals surface area contributed by atoms with Crippen LogP contribution in [-0.2, 0) is 0 Å².